The highest BCUT2D eigenvalue weighted by Crippen LogP contribution is 2.39. The number of thiophene rings is 1. The van der Waals surface area contributed by atoms with Crippen LogP contribution in [0.5, 0.6) is 0 Å². The Hall–Kier alpha value is -2.29. The third kappa shape index (κ3) is 4.05. The van der Waals surface area contributed by atoms with Crippen LogP contribution < -0.4 is 10.2 Å². The van der Waals surface area contributed by atoms with Crippen molar-refractivity contribution in [1.82, 2.24) is 0 Å². The highest BCUT2D eigenvalue weighted by Gasteiger charge is 2.35. The number of halogens is 4. The van der Waals surface area contributed by atoms with Crippen LogP contribution in [0, 0.1) is 0 Å². The lowest BCUT2D eigenvalue weighted by Crippen LogP contribution is -2.36. The molecule has 1 aliphatic rings. The molecule has 4 rings (SSSR count). The number of nitrogens with zero attached hydrogens (tertiary/aromatic N) is 1. The molecule has 1 aliphatic heterocycles. The van der Waals surface area contributed by atoms with E-state index in [-0.39, 0.29) is 15.6 Å². The Bertz CT molecular complexity index is 1060. The molecule has 0 spiro atoms. The summed E-state index contributed by atoms with van der Waals surface area (Å²) in [5.41, 5.74) is -0.751. The summed E-state index contributed by atoms with van der Waals surface area (Å²) in [5.74, 6) is -0.666. The van der Waals surface area contributed by atoms with Gasteiger partial charge in [0.15, 0.2) is 0 Å². The number of ether oxygens (including phenoxy) is 1. The van der Waals surface area contributed by atoms with E-state index in [1.165, 1.54) is 6.07 Å². The molecule has 0 aliphatic carbocycles. The summed E-state index contributed by atoms with van der Waals surface area (Å²) in [6.45, 7) is 1.95. The quantitative estimate of drug-likeness (QED) is 0.571. The molecular formula is C20H16ClF3N2O2S. The van der Waals surface area contributed by atoms with Crippen molar-refractivity contribution in [3.63, 3.8) is 0 Å². The van der Waals surface area contributed by atoms with Crippen molar-refractivity contribution >= 4 is 50.3 Å². The zero-order valence-electron chi connectivity index (χ0n) is 15.1. The van der Waals surface area contributed by atoms with Crippen LogP contribution >= 0.6 is 22.9 Å². The lowest BCUT2D eigenvalue weighted by molar-refractivity contribution is -0.136. The van der Waals surface area contributed by atoms with Gasteiger partial charge in [0.1, 0.15) is 4.88 Å². The number of morpholine rings is 1. The molecule has 1 N–H and O–H groups in total. The first-order valence-electron chi connectivity index (χ1n) is 8.87. The van der Waals surface area contributed by atoms with Crippen molar-refractivity contribution in [1.29, 1.82) is 0 Å². The van der Waals surface area contributed by atoms with E-state index in [1.54, 1.807) is 24.3 Å². The third-order valence-electron chi connectivity index (χ3n) is 4.67. The van der Waals surface area contributed by atoms with Gasteiger partial charge in [-0.05, 0) is 24.3 Å². The summed E-state index contributed by atoms with van der Waals surface area (Å²) in [7, 11) is 0. The number of carbonyl (C=O) groups excluding carboxylic acids is 1. The minimum Gasteiger partial charge on any atom is -0.378 e. The van der Waals surface area contributed by atoms with Crippen molar-refractivity contribution in [2.75, 3.05) is 36.5 Å². The van der Waals surface area contributed by atoms with Gasteiger partial charge in [0.05, 0.1) is 29.5 Å². The molecule has 152 valence electrons. The fourth-order valence-corrected chi connectivity index (χ4v) is 4.65. The first kappa shape index (κ1) is 20.0. The van der Waals surface area contributed by atoms with Crippen LogP contribution in [-0.4, -0.2) is 32.2 Å². The van der Waals surface area contributed by atoms with Crippen LogP contribution in [0.2, 0.25) is 5.02 Å². The van der Waals surface area contributed by atoms with Crippen LogP contribution in [0.3, 0.4) is 0 Å². The molecule has 29 heavy (non-hydrogen) atoms. The normalized spacial score (nSPS) is 15.0. The second-order valence-electron chi connectivity index (χ2n) is 6.52. The lowest BCUT2D eigenvalue weighted by atomic mass is 10.1. The van der Waals surface area contributed by atoms with Gasteiger partial charge in [-0.3, -0.25) is 4.79 Å². The second-order valence-corrected chi connectivity index (χ2v) is 7.95. The van der Waals surface area contributed by atoms with Crippen molar-refractivity contribution < 1.29 is 22.7 Å². The molecule has 2 heterocycles. The van der Waals surface area contributed by atoms with Crippen LogP contribution in [0.1, 0.15) is 15.2 Å². The molecule has 0 unspecified atom stereocenters. The minimum atomic E-state index is -4.62. The van der Waals surface area contributed by atoms with Crippen LogP contribution in [0.15, 0.2) is 42.5 Å². The summed E-state index contributed by atoms with van der Waals surface area (Å²) in [4.78, 5) is 14.7. The maximum Gasteiger partial charge on any atom is 0.418 e. The van der Waals surface area contributed by atoms with E-state index in [2.05, 4.69) is 5.32 Å². The number of nitrogens with one attached hydrogen (secondary N) is 1. The molecule has 1 fully saturated rings. The maximum atomic E-state index is 13.7. The van der Waals surface area contributed by atoms with E-state index >= 15 is 0 Å². The van der Waals surface area contributed by atoms with Gasteiger partial charge in [-0.1, -0.05) is 29.8 Å². The molecule has 3 aromatic rings. The molecule has 4 nitrogen and oxygen atoms in total. The predicted octanol–water partition coefficient (Wildman–Crippen LogP) is 5.66. The highest BCUT2D eigenvalue weighted by molar-refractivity contribution is 7.21. The predicted molar refractivity (Wildman–Crippen MR) is 109 cm³/mol. The molecule has 0 bridgehead atoms. The summed E-state index contributed by atoms with van der Waals surface area (Å²) < 4.78 is 47.1. The van der Waals surface area contributed by atoms with E-state index in [9.17, 15) is 18.0 Å². The van der Waals surface area contributed by atoms with Gasteiger partial charge in [0.25, 0.3) is 5.91 Å². The zero-order chi connectivity index (χ0) is 20.6. The number of hydrogen-bond acceptors (Lipinski definition) is 4. The van der Waals surface area contributed by atoms with Crippen LogP contribution in [0.25, 0.3) is 10.1 Å². The number of rotatable bonds is 3. The lowest BCUT2D eigenvalue weighted by Gasteiger charge is -2.29. The molecule has 1 saturated heterocycles. The van der Waals surface area contributed by atoms with Gasteiger partial charge in [0, 0.05) is 28.9 Å². The molecular weight excluding hydrogens is 425 g/mol. The van der Waals surface area contributed by atoms with Crippen LogP contribution in [-0.2, 0) is 10.9 Å². The molecule has 0 radical (unpaired) electrons. The second kappa shape index (κ2) is 7.85. The fourth-order valence-electron chi connectivity index (χ4n) is 3.23. The zero-order valence-corrected chi connectivity index (χ0v) is 16.6. The van der Waals surface area contributed by atoms with Gasteiger partial charge in [0.2, 0.25) is 0 Å². The Kier molecular flexibility index (Phi) is 5.42. The molecule has 9 heteroatoms. The van der Waals surface area contributed by atoms with Gasteiger partial charge < -0.3 is 15.0 Å². The average molecular weight is 441 g/mol. The van der Waals surface area contributed by atoms with E-state index in [0.717, 1.165) is 22.1 Å². The molecule has 1 aromatic heterocycles. The molecule has 1 amide bonds. The Morgan fingerprint density at radius 1 is 1.14 bits per heavy atom. The molecule has 2 aromatic carbocycles. The van der Waals surface area contributed by atoms with Crippen LogP contribution in [0.4, 0.5) is 24.5 Å². The smallest absolute Gasteiger partial charge is 0.378 e. The summed E-state index contributed by atoms with van der Waals surface area (Å²) >= 11 is 7.43. The van der Waals surface area contributed by atoms with E-state index < -0.39 is 17.6 Å². The topological polar surface area (TPSA) is 41.6 Å². The number of benzene rings is 2. The summed E-state index contributed by atoms with van der Waals surface area (Å²) in [6.07, 6.45) is -4.62. The average Bonchev–Trinajstić information content (AvgIpc) is 3.05. The standard InChI is InChI=1S/C20H16ClF3N2O2S/c21-17-13-3-1-2-4-16(13)29-18(17)19(27)25-15-6-5-12(11-14(15)20(22,23)24)26-7-9-28-10-8-26/h1-6,11H,7-10H2,(H,25,27). The Morgan fingerprint density at radius 2 is 1.86 bits per heavy atom. The number of alkyl halides is 3. The van der Waals surface area contributed by atoms with Gasteiger partial charge in [-0.25, -0.2) is 0 Å². The van der Waals surface area contributed by atoms with Crippen molar-refractivity contribution in [3.8, 4) is 0 Å². The third-order valence-corrected chi connectivity index (χ3v) is 6.35. The van der Waals surface area contributed by atoms with E-state index in [0.29, 0.717) is 37.4 Å². The van der Waals surface area contributed by atoms with Crippen molar-refractivity contribution in [2.24, 2.45) is 0 Å². The largest absolute Gasteiger partial charge is 0.418 e. The SMILES string of the molecule is O=C(Nc1ccc(N2CCOCC2)cc1C(F)(F)F)c1sc2ccccc2c1Cl. The number of anilines is 2. The number of carbonyl (C=O) groups is 1. The maximum absolute atomic E-state index is 13.7. The first-order chi connectivity index (χ1) is 13.8. The summed E-state index contributed by atoms with van der Waals surface area (Å²) in [6, 6.07) is 11.1. The Morgan fingerprint density at radius 3 is 2.55 bits per heavy atom. The fraction of sp³-hybridized carbons (Fsp3) is 0.250. The van der Waals surface area contributed by atoms with Gasteiger partial charge in [-0.15, -0.1) is 11.3 Å². The monoisotopic (exact) mass is 440 g/mol. The highest BCUT2D eigenvalue weighted by atomic mass is 35.5. The van der Waals surface area contributed by atoms with E-state index in [4.69, 9.17) is 16.3 Å². The first-order valence-corrected chi connectivity index (χ1v) is 10.1. The number of hydrogen-bond donors (Lipinski definition) is 1. The number of fused-ring (bicyclic) bond motifs is 1. The Labute approximate surface area is 173 Å². The van der Waals surface area contributed by atoms with Gasteiger partial charge >= 0.3 is 6.18 Å². The molecule has 0 saturated carbocycles. The molecule has 0 atom stereocenters. The Balaban J connectivity index is 1.66. The van der Waals surface area contributed by atoms with E-state index in [1.807, 2.05) is 11.0 Å². The van der Waals surface area contributed by atoms with Crippen molar-refractivity contribution in [2.45, 2.75) is 6.18 Å². The van der Waals surface area contributed by atoms with Gasteiger partial charge in [-0.2, -0.15) is 13.2 Å². The number of amides is 1. The van der Waals surface area contributed by atoms with Crippen molar-refractivity contribution in [3.05, 3.63) is 57.9 Å². The minimum absolute atomic E-state index is 0.179. The summed E-state index contributed by atoms with van der Waals surface area (Å²) in [5, 5.41) is 3.32.